The lowest BCUT2D eigenvalue weighted by Crippen LogP contribution is -2.30. The maximum atomic E-state index is 6.29. The van der Waals surface area contributed by atoms with Gasteiger partial charge in [-0.3, -0.25) is 0 Å². The van der Waals surface area contributed by atoms with Gasteiger partial charge in [-0.05, 0) is 71.3 Å². The maximum Gasteiger partial charge on any atom is 0.0975 e. The van der Waals surface area contributed by atoms with Gasteiger partial charge in [-0.2, -0.15) is 0 Å². The Kier molecular flexibility index (Phi) is 31.7. The van der Waals surface area contributed by atoms with Gasteiger partial charge in [0, 0.05) is 26.3 Å². The summed E-state index contributed by atoms with van der Waals surface area (Å²) in [6.45, 7) is 8.37. The van der Waals surface area contributed by atoms with Crippen molar-refractivity contribution in [2.75, 3.05) is 33.4 Å². The Morgan fingerprint density at radius 1 is 0.409 bits per heavy atom. The fourth-order valence-electron chi connectivity index (χ4n) is 6.41. The van der Waals surface area contributed by atoms with E-state index in [1.54, 1.807) is 0 Å². The molecule has 0 N–H and O–H groups in total. The monoisotopic (exact) mass is 618 g/mol. The molecule has 0 aromatic rings. The molecule has 0 bridgehead atoms. The van der Waals surface area contributed by atoms with Crippen LogP contribution in [-0.2, 0) is 9.47 Å². The molecule has 0 spiro atoms. The van der Waals surface area contributed by atoms with Crippen molar-refractivity contribution in [3.63, 3.8) is 0 Å². The van der Waals surface area contributed by atoms with Crippen molar-refractivity contribution in [3.05, 3.63) is 24.3 Å². The molecule has 260 valence electrons. The quantitative estimate of drug-likeness (QED) is 0.0529. The van der Waals surface area contributed by atoms with Crippen LogP contribution >= 0.6 is 0 Å². The molecular formula is C41H79NO2. The Morgan fingerprint density at radius 3 is 1.00 bits per heavy atom. The topological polar surface area (TPSA) is 21.7 Å². The van der Waals surface area contributed by atoms with Crippen LogP contribution in [0.5, 0.6) is 0 Å². The van der Waals surface area contributed by atoms with E-state index in [2.05, 4.69) is 50.1 Å². The van der Waals surface area contributed by atoms with Gasteiger partial charge in [0.1, 0.15) is 0 Å². The molecule has 2 atom stereocenters. The molecule has 1 rings (SSSR count). The van der Waals surface area contributed by atoms with E-state index >= 15 is 0 Å². The van der Waals surface area contributed by atoms with Gasteiger partial charge in [-0.25, -0.2) is 0 Å². The summed E-state index contributed by atoms with van der Waals surface area (Å²) in [4.78, 5) is 2.37. The molecule has 0 saturated carbocycles. The summed E-state index contributed by atoms with van der Waals surface area (Å²) >= 11 is 0. The molecule has 0 aromatic carbocycles. The third-order valence-corrected chi connectivity index (χ3v) is 9.37. The second-order valence-electron chi connectivity index (χ2n) is 13.9. The standard InChI is InChI=1S/C41H79NO2/c1-4-6-8-10-12-14-16-18-20-22-24-26-28-30-32-34-36-43-40-38-42(3)39-41(40)44-37-35-33-31-29-27-25-23-21-19-17-15-13-11-9-7-5-2/h24-27,40-41H,4-23,28-39H2,1-3H3/t40-,41?/m1/s1. The maximum absolute atomic E-state index is 6.29. The van der Waals surface area contributed by atoms with E-state index in [1.807, 2.05) is 0 Å². The Bertz CT molecular complexity index is 566. The summed E-state index contributed by atoms with van der Waals surface area (Å²) in [5.74, 6) is 0. The molecule has 0 amide bonds. The molecule has 44 heavy (non-hydrogen) atoms. The minimum Gasteiger partial charge on any atom is -0.374 e. The summed E-state index contributed by atoms with van der Waals surface area (Å²) in [6, 6.07) is 0. The molecule has 3 nitrogen and oxygen atoms in total. The average Bonchev–Trinajstić information content (AvgIpc) is 3.38. The zero-order chi connectivity index (χ0) is 31.6. The van der Waals surface area contributed by atoms with E-state index in [9.17, 15) is 0 Å². The lowest BCUT2D eigenvalue weighted by molar-refractivity contribution is -0.0481. The second-order valence-corrected chi connectivity index (χ2v) is 13.9. The van der Waals surface area contributed by atoms with Crippen LogP contribution in [0.15, 0.2) is 24.3 Å². The number of rotatable bonds is 34. The summed E-state index contributed by atoms with van der Waals surface area (Å²) in [5, 5.41) is 0. The highest BCUT2D eigenvalue weighted by Gasteiger charge is 2.32. The molecule has 1 aliphatic heterocycles. The number of hydrogen-bond donors (Lipinski definition) is 0. The van der Waals surface area contributed by atoms with Crippen LogP contribution in [0.1, 0.15) is 194 Å². The third kappa shape index (κ3) is 27.7. The number of ether oxygens (including phenoxy) is 2. The molecule has 1 aliphatic rings. The summed E-state index contributed by atoms with van der Waals surface area (Å²) in [5.41, 5.74) is 0. The first-order valence-electron chi connectivity index (χ1n) is 20.0. The molecular weight excluding hydrogens is 538 g/mol. The van der Waals surface area contributed by atoms with Gasteiger partial charge >= 0.3 is 0 Å². The van der Waals surface area contributed by atoms with Crippen molar-refractivity contribution in [1.82, 2.24) is 4.90 Å². The van der Waals surface area contributed by atoms with Crippen LogP contribution in [-0.4, -0.2) is 50.5 Å². The minimum absolute atomic E-state index is 0.250. The van der Waals surface area contributed by atoms with Gasteiger partial charge in [0.25, 0.3) is 0 Å². The number of hydrogen-bond acceptors (Lipinski definition) is 3. The lowest BCUT2D eigenvalue weighted by atomic mass is 10.1. The first-order chi connectivity index (χ1) is 21.8. The van der Waals surface area contributed by atoms with Crippen molar-refractivity contribution in [1.29, 1.82) is 0 Å². The van der Waals surface area contributed by atoms with Crippen LogP contribution in [0.3, 0.4) is 0 Å². The fourth-order valence-corrected chi connectivity index (χ4v) is 6.41. The van der Waals surface area contributed by atoms with Crippen molar-refractivity contribution in [3.8, 4) is 0 Å². The van der Waals surface area contributed by atoms with Crippen molar-refractivity contribution in [2.45, 2.75) is 206 Å². The lowest BCUT2D eigenvalue weighted by Gasteiger charge is -2.19. The number of nitrogens with zero attached hydrogens (tertiary/aromatic N) is 1. The van der Waals surface area contributed by atoms with E-state index in [-0.39, 0.29) is 12.2 Å². The van der Waals surface area contributed by atoms with Crippen LogP contribution in [0, 0.1) is 0 Å². The van der Waals surface area contributed by atoms with Crippen LogP contribution < -0.4 is 0 Å². The molecule has 0 radical (unpaired) electrons. The Morgan fingerprint density at radius 2 is 0.682 bits per heavy atom. The van der Waals surface area contributed by atoms with Gasteiger partial charge in [0.2, 0.25) is 0 Å². The normalized spacial score (nSPS) is 17.6. The minimum atomic E-state index is 0.250. The molecule has 1 saturated heterocycles. The van der Waals surface area contributed by atoms with Crippen LogP contribution in [0.25, 0.3) is 0 Å². The molecule has 1 heterocycles. The highest BCUT2D eigenvalue weighted by Crippen LogP contribution is 2.18. The molecule has 0 aromatic heterocycles. The predicted octanol–water partition coefficient (Wildman–Crippen LogP) is 12.8. The van der Waals surface area contributed by atoms with E-state index in [0.717, 1.165) is 26.3 Å². The SMILES string of the molecule is CCCCCCCCCCCC=CCCCCCOC1CN(C)C[C@H]1OCCCCCC=CCCCCCCCCCCC. The summed E-state index contributed by atoms with van der Waals surface area (Å²) < 4.78 is 12.6. The van der Waals surface area contributed by atoms with E-state index < -0.39 is 0 Å². The van der Waals surface area contributed by atoms with Crippen LogP contribution in [0.4, 0.5) is 0 Å². The second kappa shape index (κ2) is 33.7. The van der Waals surface area contributed by atoms with Gasteiger partial charge in [0.05, 0.1) is 12.2 Å². The van der Waals surface area contributed by atoms with E-state index in [1.165, 1.54) is 180 Å². The molecule has 1 unspecified atom stereocenters. The zero-order valence-electron chi connectivity index (χ0n) is 30.4. The van der Waals surface area contributed by atoms with Gasteiger partial charge in [-0.15, -0.1) is 0 Å². The number of allylic oxidation sites excluding steroid dienone is 4. The molecule has 1 fully saturated rings. The highest BCUT2D eigenvalue weighted by molar-refractivity contribution is 4.85. The average molecular weight is 618 g/mol. The van der Waals surface area contributed by atoms with Crippen LogP contribution in [0.2, 0.25) is 0 Å². The number of unbranched alkanes of at least 4 members (excludes halogenated alkanes) is 24. The first-order valence-corrected chi connectivity index (χ1v) is 20.0. The van der Waals surface area contributed by atoms with E-state index in [4.69, 9.17) is 9.47 Å². The molecule has 0 aliphatic carbocycles. The van der Waals surface area contributed by atoms with Gasteiger partial charge in [0.15, 0.2) is 0 Å². The third-order valence-electron chi connectivity index (χ3n) is 9.37. The Hall–Kier alpha value is -0.640. The number of likely N-dealkylation sites (tertiary alicyclic amines) is 1. The zero-order valence-corrected chi connectivity index (χ0v) is 30.4. The predicted molar refractivity (Wildman–Crippen MR) is 196 cm³/mol. The molecule has 3 heteroatoms. The Labute approximate surface area is 277 Å². The van der Waals surface area contributed by atoms with Gasteiger partial charge < -0.3 is 14.4 Å². The Balaban J connectivity index is 1.89. The fraction of sp³-hybridized carbons (Fsp3) is 0.902. The van der Waals surface area contributed by atoms with Crippen molar-refractivity contribution < 1.29 is 9.47 Å². The first kappa shape index (κ1) is 41.4. The van der Waals surface area contributed by atoms with Crippen molar-refractivity contribution in [2.24, 2.45) is 0 Å². The largest absolute Gasteiger partial charge is 0.374 e. The van der Waals surface area contributed by atoms with Crippen molar-refractivity contribution >= 4 is 0 Å². The van der Waals surface area contributed by atoms with Gasteiger partial charge in [-0.1, -0.05) is 154 Å². The summed E-state index contributed by atoms with van der Waals surface area (Å²) in [7, 11) is 2.20. The van der Waals surface area contributed by atoms with E-state index in [0.29, 0.717) is 0 Å². The highest BCUT2D eigenvalue weighted by atomic mass is 16.5. The number of likely N-dealkylation sites (N-methyl/N-ethyl adjacent to an activating group) is 1. The smallest absolute Gasteiger partial charge is 0.0975 e. The summed E-state index contributed by atoms with van der Waals surface area (Å²) in [6.07, 6.45) is 48.1.